The van der Waals surface area contributed by atoms with Crippen molar-refractivity contribution in [2.45, 2.75) is 25.2 Å². The Balaban J connectivity index is 2.11. The van der Waals surface area contributed by atoms with Gasteiger partial charge in [0.15, 0.2) is 6.29 Å². The lowest BCUT2D eigenvalue weighted by Gasteiger charge is -2.11. The largest absolute Gasteiger partial charge is 0.306 e. The Kier molecular flexibility index (Phi) is 3.08. The Labute approximate surface area is 113 Å². The maximum Gasteiger partial charge on any atom is 0.265 e. The van der Waals surface area contributed by atoms with E-state index in [1.165, 1.54) is 10.9 Å². The van der Waals surface area contributed by atoms with Crippen molar-refractivity contribution in [3.05, 3.63) is 47.3 Å². The van der Waals surface area contributed by atoms with Gasteiger partial charge in [-0.25, -0.2) is 18.2 Å². The van der Waals surface area contributed by atoms with Gasteiger partial charge >= 0.3 is 0 Å². The Morgan fingerprint density at radius 1 is 1.35 bits per heavy atom. The number of alkyl halides is 2. The molecule has 0 unspecified atom stereocenters. The van der Waals surface area contributed by atoms with Crippen LogP contribution in [0.5, 0.6) is 0 Å². The maximum absolute atomic E-state index is 13.5. The zero-order chi connectivity index (χ0) is 14.3. The second-order valence-corrected chi connectivity index (χ2v) is 4.83. The molecule has 1 fully saturated rings. The summed E-state index contributed by atoms with van der Waals surface area (Å²) in [5, 5.41) is 0. The molecule has 0 radical (unpaired) electrons. The highest BCUT2D eigenvalue weighted by molar-refractivity contribution is 5.77. The van der Waals surface area contributed by atoms with E-state index in [2.05, 4.69) is 4.98 Å². The average Bonchev–Trinajstić information content (AvgIpc) is 3.16. The van der Waals surface area contributed by atoms with Gasteiger partial charge in [-0.15, -0.1) is 0 Å². The van der Waals surface area contributed by atoms with Gasteiger partial charge in [-0.3, -0.25) is 4.79 Å². The van der Waals surface area contributed by atoms with Crippen molar-refractivity contribution in [1.29, 1.82) is 0 Å². The highest BCUT2D eigenvalue weighted by Crippen LogP contribution is 2.39. The van der Waals surface area contributed by atoms with Gasteiger partial charge in [0.2, 0.25) is 0 Å². The van der Waals surface area contributed by atoms with Gasteiger partial charge in [0, 0.05) is 17.7 Å². The van der Waals surface area contributed by atoms with Crippen molar-refractivity contribution >= 4 is 6.29 Å². The summed E-state index contributed by atoms with van der Waals surface area (Å²) >= 11 is 0. The van der Waals surface area contributed by atoms with Gasteiger partial charge in [-0.2, -0.15) is 0 Å². The van der Waals surface area contributed by atoms with Crippen molar-refractivity contribution in [2.75, 3.05) is 0 Å². The molecule has 3 nitrogen and oxygen atoms in total. The minimum atomic E-state index is -2.83. The molecule has 0 atom stereocenters. The van der Waals surface area contributed by atoms with Crippen LogP contribution in [0.15, 0.2) is 24.7 Å². The molecule has 20 heavy (non-hydrogen) atoms. The van der Waals surface area contributed by atoms with Crippen LogP contribution in [0.1, 0.15) is 46.8 Å². The molecule has 2 aromatic rings. The lowest BCUT2D eigenvalue weighted by molar-refractivity contribution is 0.111. The molecule has 1 aromatic carbocycles. The third-order valence-corrected chi connectivity index (χ3v) is 3.38. The van der Waals surface area contributed by atoms with Gasteiger partial charge in [0.1, 0.15) is 5.82 Å². The van der Waals surface area contributed by atoms with E-state index in [1.807, 2.05) is 0 Å². The highest BCUT2D eigenvalue weighted by Gasteiger charge is 2.26. The minimum absolute atomic E-state index is 0.0860. The normalized spacial score (nSPS) is 14.8. The van der Waals surface area contributed by atoms with Crippen LogP contribution in [-0.2, 0) is 0 Å². The lowest BCUT2D eigenvalue weighted by atomic mass is 10.1. The zero-order valence-corrected chi connectivity index (χ0v) is 10.4. The Hall–Kier alpha value is -2.11. The molecule has 1 saturated carbocycles. The van der Waals surface area contributed by atoms with E-state index in [-0.39, 0.29) is 11.3 Å². The monoisotopic (exact) mass is 280 g/mol. The van der Waals surface area contributed by atoms with E-state index in [1.54, 1.807) is 6.20 Å². The van der Waals surface area contributed by atoms with E-state index in [0.717, 1.165) is 24.6 Å². The number of carbonyl (C=O) groups is 1. The number of hydrogen-bond acceptors (Lipinski definition) is 2. The van der Waals surface area contributed by atoms with Crippen molar-refractivity contribution < 1.29 is 18.0 Å². The molecule has 0 saturated heterocycles. The summed E-state index contributed by atoms with van der Waals surface area (Å²) in [6.07, 6.45) is 2.65. The van der Waals surface area contributed by atoms with Gasteiger partial charge < -0.3 is 4.57 Å². The fourth-order valence-corrected chi connectivity index (χ4v) is 2.14. The summed E-state index contributed by atoms with van der Waals surface area (Å²) in [6.45, 7) is 0. The number of carbonyl (C=O) groups excluding carboxylic acids is 1. The van der Waals surface area contributed by atoms with Gasteiger partial charge in [-0.05, 0) is 25.0 Å². The fraction of sp³-hybridized carbons (Fsp3) is 0.286. The quantitative estimate of drug-likeness (QED) is 0.801. The average molecular weight is 280 g/mol. The number of benzene rings is 1. The SMILES string of the molecule is O=Cc1cc(-n2cnc(C3CC3)c2)c(C(F)F)cc1F. The minimum Gasteiger partial charge on any atom is -0.306 e. The second kappa shape index (κ2) is 4.77. The third kappa shape index (κ3) is 2.21. The molecule has 1 heterocycles. The molecule has 1 aromatic heterocycles. The van der Waals surface area contributed by atoms with E-state index in [9.17, 15) is 18.0 Å². The topological polar surface area (TPSA) is 34.9 Å². The molecule has 0 spiro atoms. The van der Waals surface area contributed by atoms with E-state index in [4.69, 9.17) is 0 Å². The summed E-state index contributed by atoms with van der Waals surface area (Å²) in [5.74, 6) is -0.557. The number of rotatable bonds is 4. The summed E-state index contributed by atoms with van der Waals surface area (Å²) in [4.78, 5) is 14.9. The van der Waals surface area contributed by atoms with Crippen LogP contribution in [0, 0.1) is 5.82 Å². The first kappa shape index (κ1) is 12.9. The number of hydrogen-bond donors (Lipinski definition) is 0. The number of aldehydes is 1. The van der Waals surface area contributed by atoms with Crippen LogP contribution in [0.3, 0.4) is 0 Å². The van der Waals surface area contributed by atoms with E-state index < -0.39 is 17.8 Å². The van der Waals surface area contributed by atoms with Crippen LogP contribution in [0.4, 0.5) is 13.2 Å². The predicted octanol–water partition coefficient (Wildman–Crippen LogP) is 3.64. The lowest BCUT2D eigenvalue weighted by Crippen LogP contribution is -2.02. The maximum atomic E-state index is 13.5. The van der Waals surface area contributed by atoms with Crippen LogP contribution in [-0.4, -0.2) is 15.8 Å². The van der Waals surface area contributed by atoms with E-state index in [0.29, 0.717) is 18.3 Å². The van der Waals surface area contributed by atoms with Crippen molar-refractivity contribution in [1.82, 2.24) is 9.55 Å². The van der Waals surface area contributed by atoms with E-state index >= 15 is 0 Å². The number of imidazole rings is 1. The number of halogens is 3. The van der Waals surface area contributed by atoms with Crippen LogP contribution in [0.2, 0.25) is 0 Å². The highest BCUT2D eigenvalue weighted by atomic mass is 19.3. The first-order valence-corrected chi connectivity index (χ1v) is 6.21. The van der Waals surface area contributed by atoms with Crippen LogP contribution < -0.4 is 0 Å². The van der Waals surface area contributed by atoms with Gasteiger partial charge in [0.05, 0.1) is 23.3 Å². The Morgan fingerprint density at radius 2 is 2.10 bits per heavy atom. The molecule has 0 bridgehead atoms. The van der Waals surface area contributed by atoms with Crippen LogP contribution >= 0.6 is 0 Å². The van der Waals surface area contributed by atoms with Crippen molar-refractivity contribution in [2.24, 2.45) is 0 Å². The van der Waals surface area contributed by atoms with Gasteiger partial charge in [-0.1, -0.05) is 0 Å². The number of nitrogens with zero attached hydrogens (tertiary/aromatic N) is 2. The predicted molar refractivity (Wildman–Crippen MR) is 65.8 cm³/mol. The third-order valence-electron chi connectivity index (χ3n) is 3.38. The molecule has 104 valence electrons. The van der Waals surface area contributed by atoms with Gasteiger partial charge in [0.25, 0.3) is 6.43 Å². The molecule has 1 aliphatic carbocycles. The molecule has 1 aliphatic rings. The summed E-state index contributed by atoms with van der Waals surface area (Å²) in [5.41, 5.74) is 0.226. The molecule has 3 rings (SSSR count). The Morgan fingerprint density at radius 3 is 2.70 bits per heavy atom. The van der Waals surface area contributed by atoms with Crippen LogP contribution in [0.25, 0.3) is 5.69 Å². The summed E-state index contributed by atoms with van der Waals surface area (Å²) < 4.78 is 40.9. The second-order valence-electron chi connectivity index (χ2n) is 4.83. The molecule has 6 heteroatoms. The molecule has 0 aliphatic heterocycles. The standard InChI is InChI=1S/C14H11F3N2O/c15-11-4-10(14(16)17)13(3-9(11)6-20)19-5-12(18-7-19)8-1-2-8/h3-8,14H,1-2H2. The molecule has 0 amide bonds. The fourth-order valence-electron chi connectivity index (χ4n) is 2.14. The molecular formula is C14H11F3N2O. The first-order chi connectivity index (χ1) is 9.60. The smallest absolute Gasteiger partial charge is 0.265 e. The summed E-state index contributed by atoms with van der Waals surface area (Å²) in [7, 11) is 0. The van der Waals surface area contributed by atoms with Crippen molar-refractivity contribution in [3.8, 4) is 5.69 Å². The molecule has 0 N–H and O–H groups in total. The molecular weight excluding hydrogens is 269 g/mol. The first-order valence-electron chi connectivity index (χ1n) is 6.21. The zero-order valence-electron chi connectivity index (χ0n) is 10.4. The number of aromatic nitrogens is 2. The summed E-state index contributed by atoms with van der Waals surface area (Å²) in [6, 6.07) is 1.84. The van der Waals surface area contributed by atoms with Crippen molar-refractivity contribution in [3.63, 3.8) is 0 Å². The Bertz CT molecular complexity index is 662.